The van der Waals surface area contributed by atoms with Crippen LogP contribution in [0.1, 0.15) is 37.2 Å². The van der Waals surface area contributed by atoms with E-state index < -0.39 is 0 Å². The summed E-state index contributed by atoms with van der Waals surface area (Å²) in [6.07, 6.45) is 10.9. The Bertz CT molecular complexity index is 1400. The fraction of sp³-hybridized carbons (Fsp3) is 0.226. The van der Waals surface area contributed by atoms with Crippen molar-refractivity contribution in [3.63, 3.8) is 0 Å². The molecular weight excluding hydrogens is 444 g/mol. The molecule has 0 N–H and O–H groups in total. The Kier molecular flexibility index (Phi) is 6.99. The van der Waals surface area contributed by atoms with Gasteiger partial charge < -0.3 is 9.32 Å². The smallest absolute Gasteiger partial charge is 0.150 e. The van der Waals surface area contributed by atoms with E-state index in [0.29, 0.717) is 0 Å². The van der Waals surface area contributed by atoms with Crippen LogP contribution in [-0.4, -0.2) is 29.8 Å². The van der Waals surface area contributed by atoms with E-state index in [0.717, 1.165) is 42.3 Å². The third kappa shape index (κ3) is 5.10. The van der Waals surface area contributed by atoms with Crippen LogP contribution >= 0.6 is 0 Å². The highest BCUT2D eigenvalue weighted by atomic mass is 16.3. The molecule has 0 saturated heterocycles. The lowest BCUT2D eigenvalue weighted by Crippen LogP contribution is -2.25. The van der Waals surface area contributed by atoms with Crippen LogP contribution < -0.4 is 9.91 Å². The van der Waals surface area contributed by atoms with Gasteiger partial charge in [-0.1, -0.05) is 42.5 Å². The number of furan rings is 1. The summed E-state index contributed by atoms with van der Waals surface area (Å²) in [6.45, 7) is 8.52. The molecular formula is C31H32N4O. The van der Waals surface area contributed by atoms with Crippen LogP contribution in [0.15, 0.2) is 94.7 Å². The van der Waals surface area contributed by atoms with Crippen molar-refractivity contribution in [1.82, 2.24) is 4.98 Å². The average molecular weight is 477 g/mol. The van der Waals surface area contributed by atoms with Crippen molar-refractivity contribution in [1.29, 1.82) is 0 Å². The summed E-state index contributed by atoms with van der Waals surface area (Å²) in [5.74, 6) is 1.68. The largest absolute Gasteiger partial charge is 0.465 e. The second-order valence-corrected chi connectivity index (χ2v) is 8.99. The van der Waals surface area contributed by atoms with Gasteiger partial charge in [-0.05, 0) is 80.4 Å². The van der Waals surface area contributed by atoms with Gasteiger partial charge in [-0.2, -0.15) is 5.10 Å². The van der Waals surface area contributed by atoms with Gasteiger partial charge in [-0.15, -0.1) is 0 Å². The maximum Gasteiger partial charge on any atom is 0.150 e. The molecule has 0 fully saturated rings. The lowest BCUT2D eigenvalue weighted by Gasteiger charge is -2.21. The number of hydrogen-bond acceptors (Lipinski definition) is 5. The van der Waals surface area contributed by atoms with Crippen LogP contribution in [0.5, 0.6) is 0 Å². The second kappa shape index (κ2) is 10.6. The molecule has 4 aromatic rings. The predicted octanol–water partition coefficient (Wildman–Crippen LogP) is 7.34. The highest BCUT2D eigenvalue weighted by Gasteiger charge is 2.26. The molecule has 182 valence electrons. The highest BCUT2D eigenvalue weighted by molar-refractivity contribution is 6.01. The lowest BCUT2D eigenvalue weighted by molar-refractivity contribution is 0.557. The first-order chi connectivity index (χ1) is 17.6. The summed E-state index contributed by atoms with van der Waals surface area (Å²) >= 11 is 0. The number of rotatable bonds is 8. The zero-order chi connectivity index (χ0) is 24.9. The Morgan fingerprint density at radius 2 is 1.78 bits per heavy atom. The molecule has 2 aromatic heterocycles. The minimum atomic E-state index is 0.0665. The second-order valence-electron chi connectivity index (χ2n) is 8.99. The molecule has 1 unspecified atom stereocenters. The summed E-state index contributed by atoms with van der Waals surface area (Å²) in [7, 11) is 0. The quantitative estimate of drug-likeness (QED) is 0.267. The van der Waals surface area contributed by atoms with Crippen LogP contribution in [0.2, 0.25) is 0 Å². The molecule has 0 radical (unpaired) electrons. The Balaban J connectivity index is 1.44. The monoisotopic (exact) mass is 476 g/mol. The predicted molar refractivity (Wildman–Crippen MR) is 152 cm³/mol. The number of aryl methyl sites for hydroxylation is 1. The molecule has 2 aromatic carbocycles. The van der Waals surface area contributed by atoms with E-state index in [2.05, 4.69) is 86.4 Å². The van der Waals surface area contributed by atoms with E-state index >= 15 is 0 Å². The molecule has 0 spiro atoms. The van der Waals surface area contributed by atoms with E-state index in [4.69, 9.17) is 14.5 Å². The molecule has 5 nitrogen and oxygen atoms in total. The van der Waals surface area contributed by atoms with Crippen molar-refractivity contribution in [3.8, 4) is 0 Å². The first-order valence-electron chi connectivity index (χ1n) is 12.6. The Morgan fingerprint density at radius 3 is 2.53 bits per heavy atom. The Morgan fingerprint density at radius 1 is 0.972 bits per heavy atom. The Labute approximate surface area is 213 Å². The van der Waals surface area contributed by atoms with Crippen molar-refractivity contribution in [2.45, 2.75) is 33.2 Å². The minimum Gasteiger partial charge on any atom is -0.465 e. The molecule has 0 amide bonds. The number of hydrogen-bond donors (Lipinski definition) is 0. The summed E-state index contributed by atoms with van der Waals surface area (Å²) in [5, 5.41) is 8.17. The van der Waals surface area contributed by atoms with Gasteiger partial charge in [0.25, 0.3) is 0 Å². The molecule has 3 heterocycles. The first-order valence-corrected chi connectivity index (χ1v) is 12.6. The fourth-order valence-electron chi connectivity index (χ4n) is 4.65. The summed E-state index contributed by atoms with van der Waals surface area (Å²) in [5.41, 5.74) is 5.60. The van der Waals surface area contributed by atoms with Crippen LogP contribution in [0, 0.1) is 6.92 Å². The number of aromatic nitrogens is 1. The summed E-state index contributed by atoms with van der Waals surface area (Å²) in [4.78, 5) is 7.31. The number of pyridine rings is 1. The molecule has 36 heavy (non-hydrogen) atoms. The summed E-state index contributed by atoms with van der Waals surface area (Å²) < 4.78 is 5.46. The molecule has 5 heteroatoms. The number of anilines is 2. The van der Waals surface area contributed by atoms with Gasteiger partial charge in [-0.3, -0.25) is 0 Å². The SMILES string of the molecule is CCN(CC)c1ccc(C=CC2CC(C=Cc3ccco3)=NN2c2cc(C)c3ccccc3n2)cc1. The maximum atomic E-state index is 5.46. The number of allylic oxidation sites excluding steroid dienone is 1. The normalized spacial score (nSPS) is 15.9. The van der Waals surface area contributed by atoms with Gasteiger partial charge >= 0.3 is 0 Å². The molecule has 5 rings (SSSR count). The fourth-order valence-corrected chi connectivity index (χ4v) is 4.65. The van der Waals surface area contributed by atoms with E-state index in [1.165, 1.54) is 22.2 Å². The van der Waals surface area contributed by atoms with E-state index in [1.807, 2.05) is 35.4 Å². The lowest BCUT2D eigenvalue weighted by atomic mass is 10.1. The van der Waals surface area contributed by atoms with E-state index in [9.17, 15) is 0 Å². The molecule has 1 aliphatic heterocycles. The van der Waals surface area contributed by atoms with Crippen LogP contribution in [0.25, 0.3) is 23.1 Å². The van der Waals surface area contributed by atoms with Crippen molar-refractivity contribution in [3.05, 3.63) is 102 Å². The van der Waals surface area contributed by atoms with Crippen molar-refractivity contribution >= 4 is 40.3 Å². The first kappa shape index (κ1) is 23.6. The van der Waals surface area contributed by atoms with Crippen LogP contribution in [-0.2, 0) is 0 Å². The van der Waals surface area contributed by atoms with Crippen molar-refractivity contribution < 1.29 is 4.42 Å². The van der Waals surface area contributed by atoms with Gasteiger partial charge in [0.05, 0.1) is 23.5 Å². The van der Waals surface area contributed by atoms with Crippen molar-refractivity contribution in [2.24, 2.45) is 5.10 Å². The third-order valence-corrected chi connectivity index (χ3v) is 6.63. The van der Waals surface area contributed by atoms with Gasteiger partial charge in [0.2, 0.25) is 0 Å². The molecule has 1 atom stereocenters. The number of fused-ring (bicyclic) bond motifs is 1. The number of nitrogens with zero attached hydrogens (tertiary/aromatic N) is 4. The van der Waals surface area contributed by atoms with Crippen LogP contribution in [0.3, 0.4) is 0 Å². The number of hydrazone groups is 1. The zero-order valence-electron chi connectivity index (χ0n) is 21.1. The standard InChI is InChI=1S/C31H32N4O/c1-4-34(5-2)26-16-12-24(13-17-26)14-18-27-22-25(15-19-28-9-8-20-36-28)33-35(27)31-21-23(3)29-10-6-7-11-30(29)32-31/h6-21,27H,4-5,22H2,1-3H3. The minimum absolute atomic E-state index is 0.0665. The molecule has 0 saturated carbocycles. The zero-order valence-corrected chi connectivity index (χ0v) is 21.1. The van der Waals surface area contributed by atoms with E-state index in [-0.39, 0.29) is 6.04 Å². The maximum absolute atomic E-state index is 5.46. The topological polar surface area (TPSA) is 44.9 Å². The third-order valence-electron chi connectivity index (χ3n) is 6.63. The van der Waals surface area contributed by atoms with E-state index in [1.54, 1.807) is 6.26 Å². The average Bonchev–Trinajstić information content (AvgIpc) is 3.58. The Hall–Kier alpha value is -4.12. The molecule has 0 aliphatic carbocycles. The summed E-state index contributed by atoms with van der Waals surface area (Å²) in [6, 6.07) is 23.0. The number of benzene rings is 2. The molecule has 0 bridgehead atoms. The van der Waals surface area contributed by atoms with Gasteiger partial charge in [0, 0.05) is 30.6 Å². The van der Waals surface area contributed by atoms with Crippen LogP contribution in [0.4, 0.5) is 11.5 Å². The highest BCUT2D eigenvalue weighted by Crippen LogP contribution is 2.29. The van der Waals surface area contributed by atoms with Gasteiger partial charge in [0.1, 0.15) is 11.6 Å². The van der Waals surface area contributed by atoms with Gasteiger partial charge in [-0.25, -0.2) is 9.99 Å². The van der Waals surface area contributed by atoms with Crippen molar-refractivity contribution in [2.75, 3.05) is 23.0 Å². The number of para-hydroxylation sites is 1. The van der Waals surface area contributed by atoms with Gasteiger partial charge in [0.15, 0.2) is 0 Å². The molecule has 1 aliphatic rings.